The van der Waals surface area contributed by atoms with Gasteiger partial charge < -0.3 is 10.1 Å². The number of rotatable bonds is 3. The van der Waals surface area contributed by atoms with Gasteiger partial charge in [-0.05, 0) is 44.9 Å². The quantitative estimate of drug-likeness (QED) is 0.847. The molecule has 0 radical (unpaired) electrons. The Morgan fingerprint density at radius 2 is 2.31 bits per heavy atom. The van der Waals surface area contributed by atoms with Crippen LogP contribution < -0.4 is 5.32 Å². The molecule has 0 aromatic carbocycles. The molecule has 2 rings (SSSR count). The topological polar surface area (TPSA) is 34.1 Å². The molecule has 3 heteroatoms. The van der Waals surface area contributed by atoms with E-state index in [2.05, 4.69) is 22.4 Å². The third kappa shape index (κ3) is 2.75. The molecular weight excluding hydrogens is 200 g/mol. The number of hydrogen-bond donors (Lipinski definition) is 1. The highest BCUT2D eigenvalue weighted by Crippen LogP contribution is 2.15. The summed E-state index contributed by atoms with van der Waals surface area (Å²) >= 11 is 0. The van der Waals surface area contributed by atoms with E-state index in [4.69, 9.17) is 4.74 Å². The van der Waals surface area contributed by atoms with Crippen molar-refractivity contribution >= 4 is 5.69 Å². The zero-order chi connectivity index (χ0) is 11.4. The van der Waals surface area contributed by atoms with Crippen molar-refractivity contribution in [1.29, 1.82) is 0 Å². The first-order valence-corrected chi connectivity index (χ1v) is 5.74. The van der Waals surface area contributed by atoms with Crippen LogP contribution in [0.3, 0.4) is 0 Å². The molecule has 16 heavy (non-hydrogen) atoms. The summed E-state index contributed by atoms with van der Waals surface area (Å²) in [5, 5.41) is 3.39. The summed E-state index contributed by atoms with van der Waals surface area (Å²) in [5.41, 5.74) is 3.20. The van der Waals surface area contributed by atoms with Gasteiger partial charge in [0, 0.05) is 5.69 Å². The molecule has 3 nitrogen and oxygen atoms in total. The Labute approximate surface area is 96.5 Å². The van der Waals surface area contributed by atoms with Gasteiger partial charge in [0.05, 0.1) is 24.2 Å². The van der Waals surface area contributed by atoms with E-state index >= 15 is 0 Å². The number of pyridine rings is 1. The van der Waals surface area contributed by atoms with Gasteiger partial charge in [-0.25, -0.2) is 0 Å². The van der Waals surface area contributed by atoms with Crippen LogP contribution in [0.5, 0.6) is 0 Å². The Balaban J connectivity index is 1.91. The minimum Gasteiger partial charge on any atom is -0.497 e. The van der Waals surface area contributed by atoms with E-state index < -0.39 is 0 Å². The van der Waals surface area contributed by atoms with Crippen molar-refractivity contribution in [3.63, 3.8) is 0 Å². The number of allylic oxidation sites excluding steroid dienone is 1. The fourth-order valence-electron chi connectivity index (χ4n) is 1.83. The second-order valence-electron chi connectivity index (χ2n) is 4.17. The Morgan fingerprint density at radius 3 is 3.00 bits per heavy atom. The predicted octanol–water partition coefficient (Wildman–Crippen LogP) is 2.80. The van der Waals surface area contributed by atoms with Crippen LogP contribution in [0.15, 0.2) is 24.5 Å². The number of hydrogen-bond acceptors (Lipinski definition) is 3. The van der Waals surface area contributed by atoms with Gasteiger partial charge in [0.25, 0.3) is 0 Å². The van der Waals surface area contributed by atoms with Crippen molar-refractivity contribution in [1.82, 2.24) is 4.98 Å². The number of anilines is 1. The first kappa shape index (κ1) is 11.0. The zero-order valence-corrected chi connectivity index (χ0v) is 9.86. The lowest BCUT2D eigenvalue weighted by molar-refractivity contribution is 0.135. The number of aryl methyl sites for hydroxylation is 2. The summed E-state index contributed by atoms with van der Waals surface area (Å²) in [6.07, 6.45) is 6.34. The Morgan fingerprint density at radius 1 is 1.44 bits per heavy atom. The van der Waals surface area contributed by atoms with E-state index in [9.17, 15) is 0 Å². The number of aromatic nitrogens is 1. The molecule has 0 bridgehead atoms. The molecule has 1 atom stereocenters. The smallest absolute Gasteiger partial charge is 0.115 e. The van der Waals surface area contributed by atoms with Gasteiger partial charge in [-0.15, -0.1) is 0 Å². The summed E-state index contributed by atoms with van der Waals surface area (Å²) < 4.78 is 5.50. The highest BCUT2D eigenvalue weighted by Gasteiger charge is 2.10. The molecule has 0 saturated heterocycles. The molecule has 2 heterocycles. The maximum Gasteiger partial charge on any atom is 0.115 e. The maximum absolute atomic E-state index is 5.50. The lowest BCUT2D eigenvalue weighted by Gasteiger charge is -2.20. The Hall–Kier alpha value is -1.51. The third-order valence-electron chi connectivity index (χ3n) is 2.77. The molecule has 1 aliphatic rings. The second-order valence-corrected chi connectivity index (χ2v) is 4.17. The van der Waals surface area contributed by atoms with Crippen LogP contribution >= 0.6 is 0 Å². The van der Waals surface area contributed by atoms with Crippen LogP contribution in [0.1, 0.15) is 24.2 Å². The van der Waals surface area contributed by atoms with Gasteiger partial charge in [-0.2, -0.15) is 0 Å². The highest BCUT2D eigenvalue weighted by atomic mass is 16.5. The summed E-state index contributed by atoms with van der Waals surface area (Å²) in [4.78, 5) is 4.42. The Bertz CT molecular complexity index is 388. The van der Waals surface area contributed by atoms with E-state index in [0.717, 1.165) is 36.5 Å². The summed E-state index contributed by atoms with van der Waals surface area (Å²) in [5.74, 6) is 0. The van der Waals surface area contributed by atoms with E-state index in [1.807, 2.05) is 19.9 Å². The molecule has 1 aromatic heterocycles. The molecule has 1 aliphatic heterocycles. The molecule has 1 N–H and O–H groups in total. The van der Waals surface area contributed by atoms with Crippen molar-refractivity contribution in [3.8, 4) is 0 Å². The van der Waals surface area contributed by atoms with Crippen molar-refractivity contribution in [2.45, 2.75) is 32.8 Å². The van der Waals surface area contributed by atoms with Crippen molar-refractivity contribution < 1.29 is 4.74 Å². The van der Waals surface area contributed by atoms with Crippen molar-refractivity contribution in [2.24, 2.45) is 0 Å². The molecule has 0 spiro atoms. The normalized spacial score (nSPS) is 19.2. The SMILES string of the molecule is Cc1ccc(NCC2CCC=CO2)c(C)n1. The van der Waals surface area contributed by atoms with Crippen LogP contribution in [0.4, 0.5) is 5.69 Å². The van der Waals surface area contributed by atoms with Crippen LogP contribution in [-0.4, -0.2) is 17.6 Å². The van der Waals surface area contributed by atoms with Gasteiger partial charge in [0.1, 0.15) is 6.10 Å². The summed E-state index contributed by atoms with van der Waals surface area (Å²) in [6.45, 7) is 4.87. The molecular formula is C13H18N2O. The molecule has 0 fully saturated rings. The number of ether oxygens (including phenoxy) is 1. The average Bonchev–Trinajstić information content (AvgIpc) is 2.29. The first-order chi connectivity index (χ1) is 7.75. The zero-order valence-electron chi connectivity index (χ0n) is 9.86. The number of nitrogens with one attached hydrogen (secondary N) is 1. The summed E-state index contributed by atoms with van der Waals surface area (Å²) in [7, 11) is 0. The fourth-order valence-corrected chi connectivity index (χ4v) is 1.83. The van der Waals surface area contributed by atoms with E-state index in [-0.39, 0.29) is 6.10 Å². The van der Waals surface area contributed by atoms with E-state index in [1.54, 1.807) is 6.26 Å². The monoisotopic (exact) mass is 218 g/mol. The molecule has 0 aliphatic carbocycles. The van der Waals surface area contributed by atoms with Gasteiger partial charge in [-0.1, -0.05) is 0 Å². The minimum atomic E-state index is 0.283. The van der Waals surface area contributed by atoms with Crippen LogP contribution in [-0.2, 0) is 4.74 Å². The standard InChI is InChI=1S/C13H18N2O/c1-10-6-7-13(11(2)15-10)14-9-12-5-3-4-8-16-12/h4,6-8,12,14H,3,5,9H2,1-2H3. The lowest BCUT2D eigenvalue weighted by Crippen LogP contribution is -2.23. The summed E-state index contributed by atoms with van der Waals surface area (Å²) in [6, 6.07) is 4.10. The molecule has 1 unspecified atom stereocenters. The van der Waals surface area contributed by atoms with E-state index in [1.165, 1.54) is 0 Å². The average molecular weight is 218 g/mol. The second kappa shape index (κ2) is 5.01. The molecule has 86 valence electrons. The lowest BCUT2D eigenvalue weighted by atomic mass is 10.1. The number of nitrogens with zero attached hydrogens (tertiary/aromatic N) is 1. The minimum absolute atomic E-state index is 0.283. The van der Waals surface area contributed by atoms with Crippen molar-refractivity contribution in [3.05, 3.63) is 35.9 Å². The van der Waals surface area contributed by atoms with Crippen LogP contribution in [0, 0.1) is 13.8 Å². The molecule has 0 saturated carbocycles. The maximum atomic E-state index is 5.50. The van der Waals surface area contributed by atoms with E-state index in [0.29, 0.717) is 0 Å². The van der Waals surface area contributed by atoms with Gasteiger partial charge in [0.15, 0.2) is 0 Å². The fraction of sp³-hybridized carbons (Fsp3) is 0.462. The van der Waals surface area contributed by atoms with Crippen molar-refractivity contribution in [2.75, 3.05) is 11.9 Å². The van der Waals surface area contributed by atoms with Crippen LogP contribution in [0.25, 0.3) is 0 Å². The Kier molecular flexibility index (Phi) is 3.44. The van der Waals surface area contributed by atoms with Gasteiger partial charge in [-0.3, -0.25) is 4.98 Å². The molecule has 1 aromatic rings. The predicted molar refractivity (Wildman–Crippen MR) is 65.4 cm³/mol. The first-order valence-electron chi connectivity index (χ1n) is 5.74. The van der Waals surface area contributed by atoms with Gasteiger partial charge >= 0.3 is 0 Å². The molecule has 0 amide bonds. The largest absolute Gasteiger partial charge is 0.497 e. The van der Waals surface area contributed by atoms with Crippen LogP contribution in [0.2, 0.25) is 0 Å². The highest BCUT2D eigenvalue weighted by molar-refractivity contribution is 5.47. The third-order valence-corrected chi connectivity index (χ3v) is 2.77. The van der Waals surface area contributed by atoms with Gasteiger partial charge in [0.2, 0.25) is 0 Å².